The van der Waals surface area contributed by atoms with Crippen molar-refractivity contribution in [1.82, 2.24) is 20.4 Å². The van der Waals surface area contributed by atoms with Gasteiger partial charge in [-0.1, -0.05) is 0 Å². The summed E-state index contributed by atoms with van der Waals surface area (Å²) in [5.41, 5.74) is 0.0689. The van der Waals surface area contributed by atoms with E-state index in [1.165, 1.54) is 12.8 Å². The van der Waals surface area contributed by atoms with Crippen LogP contribution < -0.4 is 10.6 Å². The van der Waals surface area contributed by atoms with Crippen molar-refractivity contribution in [2.45, 2.75) is 45.1 Å². The predicted molar refractivity (Wildman–Crippen MR) is 125 cm³/mol. The van der Waals surface area contributed by atoms with Crippen LogP contribution in [0.5, 0.6) is 0 Å². The molecule has 3 aliphatic heterocycles. The van der Waals surface area contributed by atoms with Gasteiger partial charge in [-0.3, -0.25) is 14.7 Å². The second-order valence-corrected chi connectivity index (χ2v) is 8.61. The van der Waals surface area contributed by atoms with Crippen LogP contribution in [-0.2, 0) is 4.79 Å². The van der Waals surface area contributed by atoms with Crippen molar-refractivity contribution >= 4 is 35.8 Å². The lowest BCUT2D eigenvalue weighted by molar-refractivity contribution is -0.119. The molecule has 4 rings (SSSR count). The Morgan fingerprint density at radius 1 is 1.31 bits per heavy atom. The first kappa shape index (κ1) is 22.4. The number of hydrogen-bond acceptors (Lipinski definition) is 4. The smallest absolute Gasteiger partial charge is 0.220 e. The van der Waals surface area contributed by atoms with Crippen LogP contribution in [0.15, 0.2) is 21.5 Å². The summed E-state index contributed by atoms with van der Waals surface area (Å²) in [6, 6.07) is 4.38. The zero-order valence-electron chi connectivity index (χ0n) is 17.6. The van der Waals surface area contributed by atoms with Gasteiger partial charge in [0.15, 0.2) is 5.96 Å². The van der Waals surface area contributed by atoms with Crippen LogP contribution in [0.3, 0.4) is 0 Å². The van der Waals surface area contributed by atoms with Crippen molar-refractivity contribution in [1.29, 1.82) is 0 Å². The van der Waals surface area contributed by atoms with Crippen molar-refractivity contribution in [3.05, 3.63) is 23.7 Å². The fraction of sp³-hybridized carbons (Fsp3) is 0.714. The average molecular weight is 515 g/mol. The van der Waals surface area contributed by atoms with Gasteiger partial charge in [0.25, 0.3) is 0 Å². The van der Waals surface area contributed by atoms with E-state index in [2.05, 4.69) is 31.5 Å². The van der Waals surface area contributed by atoms with Crippen molar-refractivity contribution in [2.24, 2.45) is 10.4 Å². The number of rotatable bonds is 4. The minimum atomic E-state index is 0. The molecule has 3 saturated heterocycles. The normalized spacial score (nSPS) is 26.5. The molecule has 2 N–H and O–H groups in total. The number of nitrogens with zero attached hydrogens (tertiary/aromatic N) is 3. The topological polar surface area (TPSA) is 73.1 Å². The number of amides is 1. The Labute approximate surface area is 190 Å². The molecule has 0 aliphatic carbocycles. The van der Waals surface area contributed by atoms with Gasteiger partial charge in [0.1, 0.15) is 11.5 Å². The summed E-state index contributed by atoms with van der Waals surface area (Å²) < 4.78 is 5.98. The summed E-state index contributed by atoms with van der Waals surface area (Å²) in [7, 11) is 1.85. The van der Waals surface area contributed by atoms with Gasteiger partial charge in [0.2, 0.25) is 5.91 Å². The summed E-state index contributed by atoms with van der Waals surface area (Å²) in [5.74, 6) is 3.11. The first-order valence-corrected chi connectivity index (χ1v) is 10.6. The Hall–Kier alpha value is -1.29. The fourth-order valence-electron chi connectivity index (χ4n) is 5.04. The Balaban J connectivity index is 0.00000240. The Morgan fingerprint density at radius 3 is 2.72 bits per heavy atom. The van der Waals surface area contributed by atoms with E-state index in [0.29, 0.717) is 6.42 Å². The van der Waals surface area contributed by atoms with Crippen LogP contribution in [0.25, 0.3) is 0 Å². The number of aryl methyl sites for hydroxylation is 1. The van der Waals surface area contributed by atoms with Crippen LogP contribution in [-0.4, -0.2) is 68.0 Å². The maximum absolute atomic E-state index is 11.8. The molecule has 2 unspecified atom stereocenters. The molecule has 7 nitrogen and oxygen atoms in total. The average Bonchev–Trinajstić information content (AvgIpc) is 3.42. The van der Waals surface area contributed by atoms with Gasteiger partial charge in [-0.15, -0.1) is 24.0 Å². The van der Waals surface area contributed by atoms with E-state index in [4.69, 9.17) is 4.42 Å². The van der Waals surface area contributed by atoms with Gasteiger partial charge < -0.3 is 20.0 Å². The highest BCUT2D eigenvalue weighted by atomic mass is 127. The number of carbonyl (C=O) groups excluding carboxylic acids is 1. The van der Waals surface area contributed by atoms with E-state index in [-0.39, 0.29) is 41.3 Å². The summed E-state index contributed by atoms with van der Waals surface area (Å²) >= 11 is 0. The van der Waals surface area contributed by atoms with Crippen molar-refractivity contribution in [3.63, 3.8) is 0 Å². The minimum absolute atomic E-state index is 0. The standard InChI is InChI=1S/C21H33N5O2.HI/c1-16-6-7-18(28-16)17(25-9-3-4-10-25)13-23-20(22-2)26-11-5-8-21(15-26)12-19(27)24-14-21;/h6-7,17H,3-5,8-15H2,1-2H3,(H,22,23)(H,24,27);1H. The summed E-state index contributed by atoms with van der Waals surface area (Å²) in [6.07, 6.45) is 5.35. The molecular weight excluding hydrogens is 481 g/mol. The molecule has 1 amide bonds. The van der Waals surface area contributed by atoms with Gasteiger partial charge in [0, 0.05) is 45.1 Å². The number of nitrogens with one attached hydrogen (secondary N) is 2. The maximum Gasteiger partial charge on any atom is 0.220 e. The lowest BCUT2D eigenvalue weighted by atomic mass is 9.79. The minimum Gasteiger partial charge on any atom is -0.465 e. The number of aliphatic imine (C=N–C) groups is 1. The zero-order valence-corrected chi connectivity index (χ0v) is 19.9. The number of halogens is 1. The molecule has 1 spiro atoms. The van der Waals surface area contributed by atoms with Crippen molar-refractivity contribution in [3.8, 4) is 0 Å². The molecular formula is C21H34IN5O2. The molecule has 4 heterocycles. The zero-order chi connectivity index (χ0) is 19.6. The molecule has 3 aliphatic rings. The van der Waals surface area contributed by atoms with E-state index in [1.54, 1.807) is 0 Å². The molecule has 162 valence electrons. The highest BCUT2D eigenvalue weighted by Gasteiger charge is 2.42. The van der Waals surface area contributed by atoms with E-state index in [9.17, 15) is 4.79 Å². The summed E-state index contributed by atoms with van der Waals surface area (Å²) in [5, 5.41) is 6.63. The van der Waals surface area contributed by atoms with Crippen molar-refractivity contribution in [2.75, 3.05) is 46.3 Å². The van der Waals surface area contributed by atoms with Crippen molar-refractivity contribution < 1.29 is 9.21 Å². The van der Waals surface area contributed by atoms with Crippen LogP contribution in [0, 0.1) is 12.3 Å². The number of likely N-dealkylation sites (tertiary alicyclic amines) is 2. The molecule has 1 aromatic heterocycles. The Bertz CT molecular complexity index is 730. The lowest BCUT2D eigenvalue weighted by Gasteiger charge is -2.41. The molecule has 3 fully saturated rings. The number of carbonyl (C=O) groups is 1. The quantitative estimate of drug-likeness (QED) is 0.367. The molecule has 29 heavy (non-hydrogen) atoms. The second kappa shape index (κ2) is 9.68. The first-order valence-electron chi connectivity index (χ1n) is 10.6. The summed E-state index contributed by atoms with van der Waals surface area (Å²) in [4.78, 5) is 21.2. The van der Waals surface area contributed by atoms with E-state index < -0.39 is 0 Å². The fourth-order valence-corrected chi connectivity index (χ4v) is 5.04. The number of piperidine rings is 1. The van der Waals surface area contributed by atoms with Gasteiger partial charge in [-0.05, 0) is 57.8 Å². The van der Waals surface area contributed by atoms with Gasteiger partial charge >= 0.3 is 0 Å². The third-order valence-electron chi connectivity index (χ3n) is 6.49. The van der Waals surface area contributed by atoms with Crippen LogP contribution >= 0.6 is 24.0 Å². The molecule has 0 saturated carbocycles. The lowest BCUT2D eigenvalue weighted by Crippen LogP contribution is -2.52. The van der Waals surface area contributed by atoms with Crippen LogP contribution in [0.2, 0.25) is 0 Å². The van der Waals surface area contributed by atoms with Crippen LogP contribution in [0.1, 0.15) is 49.7 Å². The number of furan rings is 1. The van der Waals surface area contributed by atoms with Crippen LogP contribution in [0.4, 0.5) is 0 Å². The highest BCUT2D eigenvalue weighted by molar-refractivity contribution is 14.0. The monoisotopic (exact) mass is 515 g/mol. The van der Waals surface area contributed by atoms with Gasteiger partial charge in [-0.25, -0.2) is 0 Å². The maximum atomic E-state index is 11.8. The van der Waals surface area contributed by atoms with Gasteiger partial charge in [-0.2, -0.15) is 0 Å². The molecule has 2 atom stereocenters. The molecule has 0 aromatic carbocycles. The van der Waals surface area contributed by atoms with E-state index in [0.717, 1.165) is 69.6 Å². The number of guanidine groups is 1. The molecule has 0 radical (unpaired) electrons. The molecule has 8 heteroatoms. The predicted octanol–water partition coefficient (Wildman–Crippen LogP) is 2.52. The van der Waals surface area contributed by atoms with E-state index in [1.807, 2.05) is 20.0 Å². The third kappa shape index (κ3) is 5.07. The van der Waals surface area contributed by atoms with E-state index >= 15 is 0 Å². The molecule has 0 bridgehead atoms. The second-order valence-electron chi connectivity index (χ2n) is 8.61. The SMILES string of the molecule is CN=C(NCC(c1ccc(C)o1)N1CCCC1)N1CCCC2(CNC(=O)C2)C1.I. The largest absolute Gasteiger partial charge is 0.465 e. The summed E-state index contributed by atoms with van der Waals surface area (Å²) in [6.45, 7) is 7.68. The van der Waals surface area contributed by atoms with Gasteiger partial charge in [0.05, 0.1) is 6.04 Å². The highest BCUT2D eigenvalue weighted by Crippen LogP contribution is 2.36. The Kier molecular flexibility index (Phi) is 7.47. The molecule has 1 aromatic rings. The number of hydrogen-bond donors (Lipinski definition) is 2. The third-order valence-corrected chi connectivity index (χ3v) is 6.49. The Morgan fingerprint density at radius 2 is 2.10 bits per heavy atom. The first-order chi connectivity index (χ1) is 13.6.